The maximum atomic E-state index is 12.7. The molecule has 42 heavy (non-hydrogen) atoms. The van der Waals surface area contributed by atoms with E-state index in [0.29, 0.717) is 11.4 Å². The molecule has 0 atom stereocenters. The van der Waals surface area contributed by atoms with Crippen LogP contribution >= 0.6 is 0 Å². The number of ether oxygens (including phenoxy) is 1. The van der Waals surface area contributed by atoms with Gasteiger partial charge in [0, 0.05) is 18.8 Å². The number of anilines is 1. The molecule has 0 saturated heterocycles. The van der Waals surface area contributed by atoms with Crippen LogP contribution in [0, 0.1) is 18.8 Å². The summed E-state index contributed by atoms with van der Waals surface area (Å²) >= 11 is 0. The van der Waals surface area contributed by atoms with Crippen LogP contribution in [0.25, 0.3) is 0 Å². The second-order valence-electron chi connectivity index (χ2n) is 11.2. The van der Waals surface area contributed by atoms with Crippen LogP contribution in [-0.2, 0) is 4.79 Å². The van der Waals surface area contributed by atoms with Crippen LogP contribution in [-0.4, -0.2) is 19.1 Å². The molecule has 0 spiro atoms. The molecule has 7 heteroatoms. The highest BCUT2D eigenvalue weighted by Crippen LogP contribution is 2.33. The maximum absolute atomic E-state index is 12.7. The van der Waals surface area contributed by atoms with Crippen molar-refractivity contribution in [2.45, 2.75) is 79.1 Å². The average Bonchev–Trinajstić information content (AvgIpc) is 3.02. The van der Waals surface area contributed by atoms with E-state index in [0.717, 1.165) is 67.3 Å². The van der Waals surface area contributed by atoms with Gasteiger partial charge in [0.2, 0.25) is 0 Å². The van der Waals surface area contributed by atoms with Crippen LogP contribution in [0.4, 0.5) is 28.4 Å². The molecule has 0 heterocycles. The summed E-state index contributed by atoms with van der Waals surface area (Å²) in [6.45, 7) is 10.5. The molecule has 0 N–H and O–H groups in total. The minimum Gasteiger partial charge on any atom is -0.426 e. The van der Waals surface area contributed by atoms with Gasteiger partial charge in [-0.1, -0.05) is 32.6 Å². The zero-order valence-electron chi connectivity index (χ0n) is 25.6. The standard InChI is InChI=1S/C35H45N5O2/c1-5-8-9-10-27-11-13-28(14-12-27)35(41)42-33-22-17-30(18-23-33)37-39-34-24-19-31(25-26(34)4)38-36-29-15-20-32(21-16-29)40(6-2)7-3/h15-25,27-28H,5-14H2,1-4H3. The zero-order chi connectivity index (χ0) is 29.7. The molecule has 0 amide bonds. The van der Waals surface area contributed by atoms with Crippen molar-refractivity contribution in [3.63, 3.8) is 0 Å². The monoisotopic (exact) mass is 567 g/mol. The third kappa shape index (κ3) is 9.07. The molecule has 3 aromatic rings. The van der Waals surface area contributed by atoms with E-state index in [1.807, 2.05) is 49.4 Å². The van der Waals surface area contributed by atoms with Crippen molar-refractivity contribution < 1.29 is 9.53 Å². The fourth-order valence-electron chi connectivity index (χ4n) is 5.51. The number of benzene rings is 3. The van der Waals surface area contributed by atoms with Gasteiger partial charge in [0.15, 0.2) is 0 Å². The van der Waals surface area contributed by atoms with Gasteiger partial charge < -0.3 is 9.64 Å². The molecule has 7 nitrogen and oxygen atoms in total. The first-order valence-corrected chi connectivity index (χ1v) is 15.6. The second-order valence-corrected chi connectivity index (χ2v) is 11.2. The molecule has 0 aliphatic heterocycles. The van der Waals surface area contributed by atoms with E-state index in [4.69, 9.17) is 4.74 Å². The summed E-state index contributed by atoms with van der Waals surface area (Å²) in [7, 11) is 0. The van der Waals surface area contributed by atoms with Gasteiger partial charge in [0.1, 0.15) is 5.75 Å². The van der Waals surface area contributed by atoms with Gasteiger partial charge in [-0.05, 0) is 125 Å². The number of hydrogen-bond donors (Lipinski definition) is 0. The first-order valence-electron chi connectivity index (χ1n) is 15.6. The Morgan fingerprint density at radius 3 is 1.98 bits per heavy atom. The first-order chi connectivity index (χ1) is 20.5. The predicted molar refractivity (Wildman–Crippen MR) is 171 cm³/mol. The number of esters is 1. The molecule has 0 bridgehead atoms. The minimum absolute atomic E-state index is 0.00960. The highest BCUT2D eigenvalue weighted by molar-refractivity contribution is 5.75. The Balaban J connectivity index is 1.27. The Morgan fingerprint density at radius 1 is 0.762 bits per heavy atom. The van der Waals surface area contributed by atoms with Gasteiger partial charge in [-0.2, -0.15) is 20.5 Å². The highest BCUT2D eigenvalue weighted by Gasteiger charge is 2.27. The van der Waals surface area contributed by atoms with Crippen LogP contribution in [0.15, 0.2) is 87.2 Å². The Hall–Kier alpha value is -3.87. The van der Waals surface area contributed by atoms with Crippen molar-refractivity contribution in [3.05, 3.63) is 72.3 Å². The molecule has 4 rings (SSSR count). The van der Waals surface area contributed by atoms with E-state index in [2.05, 4.69) is 58.3 Å². The van der Waals surface area contributed by atoms with Crippen molar-refractivity contribution >= 4 is 34.4 Å². The van der Waals surface area contributed by atoms with Crippen molar-refractivity contribution in [1.82, 2.24) is 0 Å². The average molecular weight is 568 g/mol. The summed E-state index contributed by atoms with van der Waals surface area (Å²) in [6, 6.07) is 21.1. The van der Waals surface area contributed by atoms with Gasteiger partial charge in [0.25, 0.3) is 0 Å². The number of carbonyl (C=O) groups is 1. The first kappa shape index (κ1) is 31.1. The number of hydrogen-bond acceptors (Lipinski definition) is 7. The lowest BCUT2D eigenvalue weighted by Gasteiger charge is -2.27. The van der Waals surface area contributed by atoms with E-state index in [-0.39, 0.29) is 11.9 Å². The second kappa shape index (κ2) is 15.9. The van der Waals surface area contributed by atoms with Gasteiger partial charge in [-0.3, -0.25) is 4.79 Å². The molecule has 1 saturated carbocycles. The van der Waals surface area contributed by atoms with Crippen LogP contribution < -0.4 is 9.64 Å². The van der Waals surface area contributed by atoms with Crippen molar-refractivity contribution in [2.24, 2.45) is 32.3 Å². The van der Waals surface area contributed by atoms with Gasteiger partial charge in [-0.15, -0.1) is 0 Å². The molecular weight excluding hydrogens is 522 g/mol. The van der Waals surface area contributed by atoms with Crippen molar-refractivity contribution in [2.75, 3.05) is 18.0 Å². The third-order valence-corrected chi connectivity index (χ3v) is 8.16. The van der Waals surface area contributed by atoms with Gasteiger partial charge >= 0.3 is 5.97 Å². The number of nitrogens with zero attached hydrogens (tertiary/aromatic N) is 5. The van der Waals surface area contributed by atoms with Crippen LogP contribution in [0.5, 0.6) is 5.75 Å². The lowest BCUT2D eigenvalue weighted by Crippen LogP contribution is -2.25. The summed E-state index contributed by atoms with van der Waals surface area (Å²) in [5.41, 5.74) is 5.17. The zero-order valence-corrected chi connectivity index (χ0v) is 25.6. The SMILES string of the molecule is CCCCCC1CCC(C(=O)Oc2ccc(N=Nc3ccc(N=Nc4ccc(N(CC)CC)cc4)cc3C)cc2)CC1. The van der Waals surface area contributed by atoms with Gasteiger partial charge in [-0.25, -0.2) is 0 Å². The highest BCUT2D eigenvalue weighted by atomic mass is 16.5. The predicted octanol–water partition coefficient (Wildman–Crippen LogP) is 11.0. The summed E-state index contributed by atoms with van der Waals surface area (Å²) in [5.74, 6) is 1.23. The Bertz CT molecular complexity index is 1320. The van der Waals surface area contributed by atoms with E-state index < -0.39 is 0 Å². The van der Waals surface area contributed by atoms with Crippen LogP contribution in [0.3, 0.4) is 0 Å². The van der Waals surface area contributed by atoms with E-state index in [1.54, 1.807) is 12.1 Å². The molecule has 1 fully saturated rings. The lowest BCUT2D eigenvalue weighted by molar-refractivity contribution is -0.140. The van der Waals surface area contributed by atoms with Crippen LogP contribution in [0.1, 0.15) is 77.7 Å². The number of rotatable bonds is 13. The molecular formula is C35H45N5O2. The van der Waals surface area contributed by atoms with E-state index >= 15 is 0 Å². The fourth-order valence-corrected chi connectivity index (χ4v) is 5.51. The topological polar surface area (TPSA) is 79.0 Å². The Kier molecular flexibility index (Phi) is 11.8. The fraction of sp³-hybridized carbons (Fsp3) is 0.457. The van der Waals surface area contributed by atoms with E-state index in [9.17, 15) is 4.79 Å². The molecule has 0 unspecified atom stereocenters. The summed E-state index contributed by atoms with van der Waals surface area (Å²) in [4.78, 5) is 15.0. The summed E-state index contributed by atoms with van der Waals surface area (Å²) in [6.07, 6.45) is 9.32. The largest absolute Gasteiger partial charge is 0.426 e. The Morgan fingerprint density at radius 2 is 1.36 bits per heavy atom. The van der Waals surface area contributed by atoms with Crippen molar-refractivity contribution in [3.8, 4) is 5.75 Å². The number of carbonyl (C=O) groups excluding carboxylic acids is 1. The van der Waals surface area contributed by atoms with Crippen molar-refractivity contribution in [1.29, 1.82) is 0 Å². The molecule has 0 aromatic heterocycles. The number of azo groups is 2. The number of aryl methyl sites for hydroxylation is 1. The maximum Gasteiger partial charge on any atom is 0.314 e. The molecule has 1 aliphatic rings. The quantitative estimate of drug-likeness (QED) is 0.0891. The molecule has 222 valence electrons. The van der Waals surface area contributed by atoms with Gasteiger partial charge in [0.05, 0.1) is 28.7 Å². The smallest absolute Gasteiger partial charge is 0.314 e. The number of unbranched alkanes of at least 4 members (excludes halogenated alkanes) is 2. The summed E-state index contributed by atoms with van der Waals surface area (Å²) < 4.78 is 5.69. The lowest BCUT2D eigenvalue weighted by atomic mass is 9.80. The molecule has 3 aromatic carbocycles. The normalized spacial score (nSPS) is 17.1. The third-order valence-electron chi connectivity index (χ3n) is 8.16. The molecule has 1 aliphatic carbocycles. The molecule has 0 radical (unpaired) electrons. The van der Waals surface area contributed by atoms with Crippen LogP contribution in [0.2, 0.25) is 0 Å². The van der Waals surface area contributed by atoms with E-state index in [1.165, 1.54) is 31.4 Å². The minimum atomic E-state index is -0.110. The summed E-state index contributed by atoms with van der Waals surface area (Å²) in [5, 5.41) is 17.6. The Labute approximate surface area is 251 Å².